The fraction of sp³-hybridized carbons (Fsp3) is 0.536. The lowest BCUT2D eigenvalue weighted by Gasteiger charge is -2.35. The van der Waals surface area contributed by atoms with Crippen LogP contribution in [0.4, 0.5) is 4.79 Å². The molecule has 1 aromatic rings. The van der Waals surface area contributed by atoms with E-state index in [0.717, 1.165) is 19.3 Å². The second-order valence-corrected chi connectivity index (χ2v) is 14.8. The summed E-state index contributed by atoms with van der Waals surface area (Å²) >= 11 is 1.35. The summed E-state index contributed by atoms with van der Waals surface area (Å²) in [5, 5.41) is 15.9. The minimum absolute atomic E-state index is 0.0243. The minimum atomic E-state index is -2.03. The molecule has 3 aliphatic rings. The Morgan fingerprint density at radius 1 is 1.22 bits per heavy atom. The predicted molar refractivity (Wildman–Crippen MR) is 159 cm³/mol. The summed E-state index contributed by atoms with van der Waals surface area (Å²) in [7, 11) is -1.37. The number of carbonyl (C=O) groups is 4. The Hall–Kier alpha value is -2.45. The fourth-order valence-electron chi connectivity index (χ4n) is 4.99. The van der Waals surface area contributed by atoms with Crippen LogP contribution in [0, 0.1) is 0 Å². The number of thiazole rings is 1. The van der Waals surface area contributed by atoms with Crippen LogP contribution in [0.5, 0.6) is 0 Å². The van der Waals surface area contributed by atoms with Gasteiger partial charge in [0.2, 0.25) is 5.91 Å². The number of aromatic nitrogens is 1. The van der Waals surface area contributed by atoms with E-state index < -0.39 is 55.6 Å². The maximum Gasteiger partial charge on any atom is 0.410 e. The van der Waals surface area contributed by atoms with Crippen molar-refractivity contribution in [2.24, 2.45) is 0 Å². The van der Waals surface area contributed by atoms with Crippen molar-refractivity contribution in [1.29, 1.82) is 0 Å². The molecule has 3 unspecified atom stereocenters. The maximum atomic E-state index is 13.3. The monoisotopic (exact) mass is 621 g/mol. The quantitative estimate of drug-likeness (QED) is 0.270. The van der Waals surface area contributed by atoms with Gasteiger partial charge in [0.1, 0.15) is 5.01 Å². The van der Waals surface area contributed by atoms with Crippen LogP contribution >= 0.6 is 22.1 Å². The first kappa shape index (κ1) is 31.5. The van der Waals surface area contributed by atoms with Crippen LogP contribution < -0.4 is 5.32 Å². The van der Waals surface area contributed by atoms with Crippen LogP contribution in [0.3, 0.4) is 0 Å². The molecule has 5 atom stereocenters. The standard InChI is InChI=1S/C28H35N3O7S3/c1-18-11-12-28(27(3,36)25(34)40-41(28)37)16-23(33)29-19(2)24-30-20(17-39-24)9-5-6-10-21(32)22(15-18)38-26(35)31-13-7-4-8-14-31/h5-6,9-10,15,17,19,22,36H,4,7-8,11-14,16H2,1-3H3,(H,29,33)/b9-5-,10-6+,18-15+/t19?,22?,27-,28+,41?/m0/s1. The summed E-state index contributed by atoms with van der Waals surface area (Å²) in [6.07, 6.45) is 8.67. The number of rotatable bonds is 1. The number of amides is 2. The van der Waals surface area contributed by atoms with Gasteiger partial charge in [0.25, 0.3) is 5.12 Å². The molecule has 2 saturated heterocycles. The Bertz CT molecular complexity index is 1270. The van der Waals surface area contributed by atoms with Crippen molar-refractivity contribution in [3.63, 3.8) is 0 Å². The van der Waals surface area contributed by atoms with Gasteiger partial charge in [-0.25, -0.2) is 9.78 Å². The van der Waals surface area contributed by atoms with Gasteiger partial charge in [0, 0.05) is 35.1 Å². The SMILES string of the molecule is C/C1=C\C(OC(=O)N2CCCCC2)C(=O)/C=C/C=C\c2csc(n2)C(C)NC(=O)C[C@@]2(CC1)[S+]([O-])SC(=O)[C@]2(C)O. The Balaban J connectivity index is 1.68. The van der Waals surface area contributed by atoms with Gasteiger partial charge in [0.05, 0.1) is 18.2 Å². The number of piperidine rings is 1. The van der Waals surface area contributed by atoms with Gasteiger partial charge < -0.3 is 24.6 Å². The second kappa shape index (κ2) is 13.2. The highest BCUT2D eigenvalue weighted by atomic mass is 33.1. The number of hydrogen-bond donors (Lipinski definition) is 2. The summed E-state index contributed by atoms with van der Waals surface area (Å²) < 4.78 is 17.4. The van der Waals surface area contributed by atoms with Crippen molar-refractivity contribution in [2.45, 2.75) is 81.8 Å². The number of aliphatic hydroxyl groups is 1. The third kappa shape index (κ3) is 7.14. The number of hydrogen-bond acceptors (Lipinski definition) is 10. The molecule has 2 fully saturated rings. The van der Waals surface area contributed by atoms with E-state index in [1.807, 2.05) is 0 Å². The van der Waals surface area contributed by atoms with Crippen molar-refractivity contribution >= 4 is 61.3 Å². The molecule has 13 heteroatoms. The number of carbonyl (C=O) groups excluding carboxylic acids is 4. The lowest BCUT2D eigenvalue weighted by Crippen LogP contribution is -2.56. The zero-order valence-corrected chi connectivity index (χ0v) is 25.7. The normalized spacial score (nSPS) is 34.8. The highest BCUT2D eigenvalue weighted by Gasteiger charge is 2.69. The van der Waals surface area contributed by atoms with Crippen LogP contribution in [0.2, 0.25) is 0 Å². The first-order valence-electron chi connectivity index (χ1n) is 13.6. The van der Waals surface area contributed by atoms with Gasteiger partial charge in [-0.3, -0.25) is 14.4 Å². The minimum Gasteiger partial charge on any atom is -0.604 e. The van der Waals surface area contributed by atoms with E-state index in [4.69, 9.17) is 4.74 Å². The highest BCUT2D eigenvalue weighted by molar-refractivity contribution is 8.79. The molecule has 2 amide bonds. The predicted octanol–water partition coefficient (Wildman–Crippen LogP) is 4.01. The molecule has 2 N–H and O–H groups in total. The van der Waals surface area contributed by atoms with Crippen molar-refractivity contribution in [1.82, 2.24) is 15.2 Å². The van der Waals surface area contributed by atoms with Crippen molar-refractivity contribution in [3.05, 3.63) is 46.0 Å². The molecule has 0 radical (unpaired) electrons. The van der Waals surface area contributed by atoms with Crippen LogP contribution in [0.25, 0.3) is 6.08 Å². The molecule has 1 spiro atoms. The van der Waals surface area contributed by atoms with Gasteiger partial charge in [-0.05, 0) is 64.7 Å². The topological polar surface area (TPSA) is 149 Å². The number of likely N-dealkylation sites (tertiary alicyclic amines) is 1. The molecular weight excluding hydrogens is 587 g/mol. The molecule has 3 aliphatic heterocycles. The highest BCUT2D eigenvalue weighted by Crippen LogP contribution is 2.53. The van der Waals surface area contributed by atoms with Gasteiger partial charge in [-0.2, -0.15) is 0 Å². The molecule has 4 heterocycles. The zero-order valence-electron chi connectivity index (χ0n) is 23.3. The van der Waals surface area contributed by atoms with Gasteiger partial charge in [-0.1, -0.05) is 17.7 Å². The number of allylic oxidation sites excluding steroid dienone is 3. The van der Waals surface area contributed by atoms with Crippen LogP contribution in [-0.4, -0.2) is 72.0 Å². The van der Waals surface area contributed by atoms with E-state index in [1.54, 1.807) is 42.4 Å². The van der Waals surface area contributed by atoms with Crippen molar-refractivity contribution in [3.8, 4) is 0 Å². The smallest absolute Gasteiger partial charge is 0.410 e. The van der Waals surface area contributed by atoms with Crippen molar-refractivity contribution in [2.75, 3.05) is 13.1 Å². The summed E-state index contributed by atoms with van der Waals surface area (Å²) in [5.74, 6) is -0.910. The summed E-state index contributed by atoms with van der Waals surface area (Å²) in [6, 6.07) is -0.456. The summed E-state index contributed by atoms with van der Waals surface area (Å²) in [6.45, 7) is 5.92. The van der Waals surface area contributed by atoms with Crippen molar-refractivity contribution < 1.29 is 33.6 Å². The second-order valence-electron chi connectivity index (χ2n) is 10.7. The molecule has 1 aromatic heterocycles. The third-order valence-electron chi connectivity index (χ3n) is 7.61. The van der Waals surface area contributed by atoms with Crippen LogP contribution in [0.15, 0.2) is 35.3 Å². The average molecular weight is 622 g/mol. The Morgan fingerprint density at radius 3 is 2.61 bits per heavy atom. The van der Waals surface area contributed by atoms with Gasteiger partial charge >= 0.3 is 6.09 Å². The lowest BCUT2D eigenvalue weighted by molar-refractivity contribution is -0.132. The fourth-order valence-corrected chi connectivity index (χ4v) is 9.73. The largest absolute Gasteiger partial charge is 0.604 e. The van der Waals surface area contributed by atoms with E-state index in [-0.39, 0.29) is 19.3 Å². The average Bonchev–Trinajstić information content (AvgIpc) is 3.47. The molecule has 10 nitrogen and oxygen atoms in total. The van der Waals surface area contributed by atoms with E-state index in [2.05, 4.69) is 10.3 Å². The summed E-state index contributed by atoms with van der Waals surface area (Å²) in [5.41, 5.74) is -0.771. The Kier molecular flexibility index (Phi) is 10.2. The van der Waals surface area contributed by atoms with Crippen LogP contribution in [-0.2, 0) is 29.3 Å². The first-order chi connectivity index (χ1) is 19.4. The molecule has 0 saturated carbocycles. The zero-order chi connectivity index (χ0) is 29.8. The third-order valence-corrected chi connectivity index (χ3v) is 12.6. The number of ketones is 1. The summed E-state index contributed by atoms with van der Waals surface area (Å²) in [4.78, 5) is 58.0. The Morgan fingerprint density at radius 2 is 1.93 bits per heavy atom. The number of nitrogens with zero attached hydrogens (tertiary/aromatic N) is 2. The van der Waals surface area contributed by atoms with E-state index >= 15 is 0 Å². The van der Waals surface area contributed by atoms with E-state index in [0.29, 0.717) is 40.2 Å². The molecular formula is C28H35N3O7S3. The van der Waals surface area contributed by atoms with Gasteiger partial charge in [-0.15, -0.1) is 11.3 Å². The molecule has 222 valence electrons. The van der Waals surface area contributed by atoms with E-state index in [9.17, 15) is 28.8 Å². The van der Waals surface area contributed by atoms with Crippen LogP contribution in [0.1, 0.15) is 76.0 Å². The number of nitrogens with one attached hydrogen (secondary N) is 1. The molecule has 0 aromatic carbocycles. The Labute approximate surface area is 250 Å². The molecule has 41 heavy (non-hydrogen) atoms. The maximum absolute atomic E-state index is 13.3. The lowest BCUT2D eigenvalue weighted by atomic mass is 9.81. The number of fused-ring (bicyclic) bond motifs is 2. The molecule has 4 rings (SSSR count). The molecule has 2 bridgehead atoms. The van der Waals surface area contributed by atoms with Gasteiger partial charge in [0.15, 0.2) is 33.0 Å². The first-order valence-corrected chi connectivity index (χ1v) is 16.9. The van der Waals surface area contributed by atoms with E-state index in [1.165, 1.54) is 30.4 Å². The number of ether oxygens (including phenoxy) is 1. The molecule has 0 aliphatic carbocycles.